The third-order valence-corrected chi connectivity index (χ3v) is 4.38. The molecule has 1 N–H and O–H groups in total. The number of carbonyl (C=O) groups excluding carboxylic acids is 1. The monoisotopic (exact) mass is 378 g/mol. The minimum absolute atomic E-state index is 0.213. The van der Waals surface area contributed by atoms with Crippen LogP contribution in [0.2, 0.25) is 10.2 Å². The summed E-state index contributed by atoms with van der Waals surface area (Å²) in [4.78, 5) is 16.9. The van der Waals surface area contributed by atoms with E-state index in [4.69, 9.17) is 27.9 Å². The number of ether oxygens (including phenoxy) is 1. The number of rotatable bonds is 5. The van der Waals surface area contributed by atoms with E-state index in [1.54, 1.807) is 11.4 Å². The molecular weight excluding hydrogens is 367 g/mol. The van der Waals surface area contributed by atoms with Gasteiger partial charge in [0.15, 0.2) is 0 Å². The molecular formula is C17H12Cl2N2O2S. The van der Waals surface area contributed by atoms with Crippen LogP contribution in [0.4, 0.5) is 5.82 Å². The van der Waals surface area contributed by atoms with Crippen LogP contribution in [0.25, 0.3) is 0 Å². The normalized spacial score (nSPS) is 10.4. The van der Waals surface area contributed by atoms with Crippen molar-refractivity contribution in [1.82, 2.24) is 4.98 Å². The van der Waals surface area contributed by atoms with Gasteiger partial charge in [0.1, 0.15) is 28.2 Å². The highest BCUT2D eigenvalue weighted by Gasteiger charge is 2.16. The Hall–Kier alpha value is -2.08. The molecule has 0 aliphatic heterocycles. The average molecular weight is 379 g/mol. The Kier molecular flexibility index (Phi) is 5.35. The highest BCUT2D eigenvalue weighted by Crippen LogP contribution is 2.27. The maximum Gasteiger partial charge on any atom is 0.270 e. The molecule has 0 bridgehead atoms. The molecule has 4 nitrogen and oxygen atoms in total. The zero-order valence-electron chi connectivity index (χ0n) is 12.3. The molecule has 24 heavy (non-hydrogen) atoms. The summed E-state index contributed by atoms with van der Waals surface area (Å²) < 4.78 is 5.75. The minimum Gasteiger partial charge on any atom is -0.487 e. The number of pyridine rings is 1. The fourth-order valence-electron chi connectivity index (χ4n) is 2.01. The van der Waals surface area contributed by atoms with E-state index in [1.807, 2.05) is 30.3 Å². The Morgan fingerprint density at radius 1 is 1.17 bits per heavy atom. The van der Waals surface area contributed by atoms with Crippen molar-refractivity contribution in [3.8, 4) is 5.75 Å². The van der Waals surface area contributed by atoms with Crippen molar-refractivity contribution in [2.24, 2.45) is 0 Å². The second kappa shape index (κ2) is 7.66. The van der Waals surface area contributed by atoms with Gasteiger partial charge in [0.05, 0.1) is 0 Å². The Morgan fingerprint density at radius 2 is 1.96 bits per heavy atom. The molecule has 122 valence electrons. The summed E-state index contributed by atoms with van der Waals surface area (Å²) >= 11 is 13.0. The first kappa shape index (κ1) is 16.8. The van der Waals surface area contributed by atoms with Gasteiger partial charge >= 0.3 is 0 Å². The number of anilines is 1. The molecule has 0 saturated heterocycles. The summed E-state index contributed by atoms with van der Waals surface area (Å²) in [5, 5.41) is 5.09. The number of thiophene rings is 1. The quantitative estimate of drug-likeness (QED) is 0.614. The molecule has 0 fully saturated rings. The van der Waals surface area contributed by atoms with Crippen LogP contribution in [0.5, 0.6) is 5.75 Å². The van der Waals surface area contributed by atoms with Gasteiger partial charge in [-0.2, -0.15) is 0 Å². The molecule has 0 spiro atoms. The first-order chi connectivity index (χ1) is 11.6. The molecule has 2 aromatic heterocycles. The van der Waals surface area contributed by atoms with Crippen LogP contribution in [-0.2, 0) is 6.61 Å². The van der Waals surface area contributed by atoms with E-state index in [0.29, 0.717) is 28.1 Å². The topological polar surface area (TPSA) is 51.2 Å². The van der Waals surface area contributed by atoms with Crippen LogP contribution in [-0.4, -0.2) is 10.9 Å². The third-order valence-electron chi connectivity index (χ3n) is 3.07. The first-order valence-electron chi connectivity index (χ1n) is 7.00. The minimum atomic E-state index is -0.320. The number of benzene rings is 1. The lowest BCUT2D eigenvalue weighted by Crippen LogP contribution is -2.12. The molecule has 3 rings (SSSR count). The predicted molar refractivity (Wildman–Crippen MR) is 97.3 cm³/mol. The van der Waals surface area contributed by atoms with Gasteiger partial charge in [-0.25, -0.2) is 4.98 Å². The van der Waals surface area contributed by atoms with Gasteiger partial charge in [-0.05, 0) is 29.1 Å². The highest BCUT2D eigenvalue weighted by molar-refractivity contribution is 7.12. The van der Waals surface area contributed by atoms with E-state index >= 15 is 0 Å². The van der Waals surface area contributed by atoms with E-state index in [-0.39, 0.29) is 11.1 Å². The van der Waals surface area contributed by atoms with E-state index in [1.165, 1.54) is 23.5 Å². The summed E-state index contributed by atoms with van der Waals surface area (Å²) in [7, 11) is 0. The van der Waals surface area contributed by atoms with Crippen molar-refractivity contribution < 1.29 is 9.53 Å². The predicted octanol–water partition coefficient (Wildman–Crippen LogP) is 5.28. The molecule has 1 aromatic carbocycles. The molecule has 3 aromatic rings. The Bertz CT molecular complexity index is 833. The molecule has 2 heterocycles. The maximum atomic E-state index is 12.4. The van der Waals surface area contributed by atoms with Gasteiger partial charge in [-0.3, -0.25) is 4.79 Å². The van der Waals surface area contributed by atoms with E-state index < -0.39 is 0 Å². The molecule has 1 amide bonds. The lowest BCUT2D eigenvalue weighted by Gasteiger charge is -2.08. The van der Waals surface area contributed by atoms with Gasteiger partial charge < -0.3 is 10.1 Å². The highest BCUT2D eigenvalue weighted by atomic mass is 35.5. The fourth-order valence-corrected chi connectivity index (χ4v) is 3.21. The lowest BCUT2D eigenvalue weighted by atomic mass is 10.2. The smallest absolute Gasteiger partial charge is 0.270 e. The number of aromatic nitrogens is 1. The van der Waals surface area contributed by atoms with E-state index in [0.717, 1.165) is 5.56 Å². The van der Waals surface area contributed by atoms with E-state index in [2.05, 4.69) is 10.3 Å². The SMILES string of the molecule is O=C(Nc1cc(Cl)cc(Cl)n1)c1sccc1OCc1ccccc1. The summed E-state index contributed by atoms with van der Waals surface area (Å²) in [6, 6.07) is 14.5. The molecule has 0 aliphatic rings. The number of halogens is 2. The summed E-state index contributed by atoms with van der Waals surface area (Å²) in [6.45, 7) is 0.388. The number of nitrogens with one attached hydrogen (secondary N) is 1. The average Bonchev–Trinajstić information content (AvgIpc) is 3.01. The molecule has 0 saturated carbocycles. The van der Waals surface area contributed by atoms with Crippen LogP contribution in [0.15, 0.2) is 53.9 Å². The zero-order valence-corrected chi connectivity index (χ0v) is 14.7. The Balaban J connectivity index is 1.71. The second-order valence-corrected chi connectivity index (χ2v) is 6.58. The van der Waals surface area contributed by atoms with Crippen molar-refractivity contribution in [2.45, 2.75) is 6.61 Å². The van der Waals surface area contributed by atoms with Crippen LogP contribution in [0, 0.1) is 0 Å². The van der Waals surface area contributed by atoms with Crippen LogP contribution >= 0.6 is 34.5 Å². The van der Waals surface area contributed by atoms with Crippen molar-refractivity contribution in [2.75, 3.05) is 5.32 Å². The number of hydrogen-bond acceptors (Lipinski definition) is 4. The summed E-state index contributed by atoms with van der Waals surface area (Å²) in [6.07, 6.45) is 0. The largest absolute Gasteiger partial charge is 0.487 e. The van der Waals surface area contributed by atoms with Gasteiger partial charge in [0.2, 0.25) is 0 Å². The zero-order chi connectivity index (χ0) is 16.9. The van der Waals surface area contributed by atoms with Crippen LogP contribution in [0.3, 0.4) is 0 Å². The van der Waals surface area contributed by atoms with E-state index in [9.17, 15) is 4.79 Å². The first-order valence-corrected chi connectivity index (χ1v) is 8.64. The second-order valence-electron chi connectivity index (χ2n) is 4.84. The molecule has 0 atom stereocenters. The van der Waals surface area contributed by atoms with Crippen molar-refractivity contribution >= 4 is 46.3 Å². The Labute approximate surface area is 153 Å². The number of amides is 1. The van der Waals surface area contributed by atoms with Gasteiger partial charge in [-0.1, -0.05) is 53.5 Å². The van der Waals surface area contributed by atoms with Crippen molar-refractivity contribution in [3.05, 3.63) is 74.5 Å². The lowest BCUT2D eigenvalue weighted by molar-refractivity contribution is 0.102. The molecule has 7 heteroatoms. The third kappa shape index (κ3) is 4.26. The molecule has 0 aliphatic carbocycles. The van der Waals surface area contributed by atoms with Crippen LogP contribution < -0.4 is 10.1 Å². The molecule has 0 radical (unpaired) electrons. The van der Waals surface area contributed by atoms with Gasteiger partial charge in [0, 0.05) is 5.02 Å². The Morgan fingerprint density at radius 3 is 2.71 bits per heavy atom. The van der Waals surface area contributed by atoms with Crippen molar-refractivity contribution in [1.29, 1.82) is 0 Å². The van der Waals surface area contributed by atoms with Crippen LogP contribution in [0.1, 0.15) is 15.2 Å². The van der Waals surface area contributed by atoms with Gasteiger partial charge in [-0.15, -0.1) is 11.3 Å². The number of carbonyl (C=O) groups is 1. The van der Waals surface area contributed by atoms with Gasteiger partial charge in [0.25, 0.3) is 5.91 Å². The number of hydrogen-bond donors (Lipinski definition) is 1. The fraction of sp³-hybridized carbons (Fsp3) is 0.0588. The summed E-state index contributed by atoms with van der Waals surface area (Å²) in [5.74, 6) is 0.494. The summed E-state index contributed by atoms with van der Waals surface area (Å²) in [5.41, 5.74) is 1.03. The standard InChI is InChI=1S/C17H12Cl2N2O2S/c18-12-8-14(19)20-15(9-12)21-17(22)16-13(6-7-24-16)23-10-11-4-2-1-3-5-11/h1-9H,10H2,(H,20,21,22). The molecule has 0 unspecified atom stereocenters. The maximum absolute atomic E-state index is 12.4. The number of nitrogens with zero attached hydrogens (tertiary/aromatic N) is 1. The van der Waals surface area contributed by atoms with Crippen molar-refractivity contribution in [3.63, 3.8) is 0 Å².